The topological polar surface area (TPSA) is 64.2 Å². The first-order valence-electron chi connectivity index (χ1n) is 10.9. The van der Waals surface area contributed by atoms with Crippen molar-refractivity contribution in [3.8, 4) is 22.6 Å². The first kappa shape index (κ1) is 22.9. The lowest BCUT2D eigenvalue weighted by atomic mass is 10.1. The van der Waals surface area contributed by atoms with Gasteiger partial charge in [-0.1, -0.05) is 72.3 Å². The van der Waals surface area contributed by atoms with Crippen LogP contribution in [0.2, 0.25) is 5.02 Å². The van der Waals surface area contributed by atoms with Gasteiger partial charge in [0.1, 0.15) is 17.3 Å². The van der Waals surface area contributed by atoms with Crippen LogP contribution in [0.5, 0.6) is 11.5 Å². The van der Waals surface area contributed by atoms with E-state index < -0.39 is 0 Å². The van der Waals surface area contributed by atoms with Crippen molar-refractivity contribution < 1.29 is 9.47 Å². The first-order chi connectivity index (χ1) is 17.1. The molecule has 0 radical (unpaired) electrons. The SMILES string of the molecule is COc1cc(/C=C/c2nc3scc(-c4ccccc4)c3c(=O)[nH]2)ccc1OCc1ccccc1Cl. The maximum absolute atomic E-state index is 12.9. The molecule has 2 aromatic heterocycles. The van der Waals surface area contributed by atoms with Crippen LogP contribution < -0.4 is 15.0 Å². The Kier molecular flexibility index (Phi) is 6.66. The molecule has 0 saturated heterocycles. The highest BCUT2D eigenvalue weighted by atomic mass is 35.5. The fourth-order valence-corrected chi connectivity index (χ4v) is 4.87. The van der Waals surface area contributed by atoms with Crippen LogP contribution in [0, 0.1) is 0 Å². The van der Waals surface area contributed by atoms with Gasteiger partial charge in [-0.05, 0) is 35.4 Å². The summed E-state index contributed by atoms with van der Waals surface area (Å²) in [6, 6.07) is 23.0. The summed E-state index contributed by atoms with van der Waals surface area (Å²) in [5.41, 5.74) is 3.52. The van der Waals surface area contributed by atoms with E-state index in [1.54, 1.807) is 13.2 Å². The summed E-state index contributed by atoms with van der Waals surface area (Å²) in [7, 11) is 1.60. The Morgan fingerprint density at radius 3 is 2.60 bits per heavy atom. The minimum absolute atomic E-state index is 0.157. The number of methoxy groups -OCH3 is 1. The van der Waals surface area contributed by atoms with Gasteiger partial charge in [0, 0.05) is 21.5 Å². The standard InChI is InChI=1S/C28H21ClN2O3S/c1-33-24-15-18(11-13-23(24)34-16-20-9-5-6-10-22(20)29)12-14-25-30-27(32)26-21(17-35-28(26)31-25)19-7-3-2-4-8-19/h2-15,17H,16H2,1H3,(H,30,31,32)/b14-12+. The zero-order valence-corrected chi connectivity index (χ0v) is 20.4. The molecule has 5 aromatic rings. The molecule has 174 valence electrons. The maximum Gasteiger partial charge on any atom is 0.260 e. The molecule has 0 aliphatic rings. The molecule has 0 unspecified atom stereocenters. The number of H-pyrrole nitrogens is 1. The molecule has 0 saturated carbocycles. The van der Waals surface area contributed by atoms with Gasteiger partial charge in [0.25, 0.3) is 5.56 Å². The number of hydrogen-bond donors (Lipinski definition) is 1. The minimum atomic E-state index is -0.157. The molecule has 1 N–H and O–H groups in total. The number of benzene rings is 3. The number of nitrogens with zero attached hydrogens (tertiary/aromatic N) is 1. The number of fused-ring (bicyclic) bond motifs is 1. The highest BCUT2D eigenvalue weighted by Gasteiger charge is 2.12. The van der Waals surface area contributed by atoms with Gasteiger partial charge in [-0.3, -0.25) is 4.79 Å². The molecule has 0 aliphatic carbocycles. The highest BCUT2D eigenvalue weighted by molar-refractivity contribution is 7.17. The molecule has 0 atom stereocenters. The van der Waals surface area contributed by atoms with Gasteiger partial charge in [-0.2, -0.15) is 0 Å². The second kappa shape index (κ2) is 10.2. The Bertz CT molecular complexity index is 1570. The molecule has 3 aromatic carbocycles. The number of aromatic amines is 1. The third-order valence-corrected chi connectivity index (χ3v) is 6.75. The lowest BCUT2D eigenvalue weighted by Gasteiger charge is -2.12. The molecular weight excluding hydrogens is 480 g/mol. The molecule has 0 aliphatic heterocycles. The van der Waals surface area contributed by atoms with Gasteiger partial charge in [-0.25, -0.2) is 4.98 Å². The summed E-state index contributed by atoms with van der Waals surface area (Å²) in [5.74, 6) is 1.70. The summed E-state index contributed by atoms with van der Waals surface area (Å²) in [5, 5.41) is 3.24. The molecule has 0 bridgehead atoms. The van der Waals surface area contributed by atoms with Crippen LogP contribution in [0.1, 0.15) is 17.0 Å². The molecule has 0 fully saturated rings. The fraction of sp³-hybridized carbons (Fsp3) is 0.0714. The van der Waals surface area contributed by atoms with E-state index in [1.165, 1.54) is 11.3 Å². The van der Waals surface area contributed by atoms with Crippen LogP contribution in [0.25, 0.3) is 33.5 Å². The van der Waals surface area contributed by atoms with Crippen LogP contribution in [0.3, 0.4) is 0 Å². The second-order valence-electron chi connectivity index (χ2n) is 7.77. The smallest absolute Gasteiger partial charge is 0.260 e. The molecule has 7 heteroatoms. The zero-order valence-electron chi connectivity index (χ0n) is 18.8. The summed E-state index contributed by atoms with van der Waals surface area (Å²) in [6.07, 6.45) is 3.65. The number of rotatable bonds is 7. The van der Waals surface area contributed by atoms with Crippen LogP contribution in [0.4, 0.5) is 0 Å². The molecule has 5 nitrogen and oxygen atoms in total. The number of thiophene rings is 1. The van der Waals surface area contributed by atoms with E-state index in [-0.39, 0.29) is 5.56 Å². The molecule has 2 heterocycles. The Morgan fingerprint density at radius 2 is 1.80 bits per heavy atom. The average molecular weight is 501 g/mol. The Hall–Kier alpha value is -3.87. The van der Waals surface area contributed by atoms with E-state index >= 15 is 0 Å². The molecule has 5 rings (SSSR count). The van der Waals surface area contributed by atoms with E-state index in [1.807, 2.05) is 84.3 Å². The lowest BCUT2D eigenvalue weighted by Crippen LogP contribution is -2.09. The van der Waals surface area contributed by atoms with Crippen molar-refractivity contribution in [2.45, 2.75) is 6.61 Å². The molecular formula is C28H21ClN2O3S. The van der Waals surface area contributed by atoms with E-state index in [4.69, 9.17) is 21.1 Å². The highest BCUT2D eigenvalue weighted by Crippen LogP contribution is 2.32. The van der Waals surface area contributed by atoms with Gasteiger partial charge in [0.15, 0.2) is 11.5 Å². The van der Waals surface area contributed by atoms with Crippen molar-refractivity contribution in [1.29, 1.82) is 0 Å². The van der Waals surface area contributed by atoms with Crippen molar-refractivity contribution in [3.05, 3.63) is 111 Å². The number of nitrogens with one attached hydrogen (secondary N) is 1. The Labute approximate surface area is 211 Å². The van der Waals surface area contributed by atoms with Crippen molar-refractivity contribution in [3.63, 3.8) is 0 Å². The van der Waals surface area contributed by atoms with Crippen molar-refractivity contribution in [1.82, 2.24) is 9.97 Å². The van der Waals surface area contributed by atoms with Crippen molar-refractivity contribution in [2.24, 2.45) is 0 Å². The number of halogens is 1. The van der Waals surface area contributed by atoms with Crippen LogP contribution in [-0.2, 0) is 6.61 Å². The predicted octanol–water partition coefficient (Wildman–Crippen LogP) is 7.06. The first-order valence-corrected chi connectivity index (χ1v) is 12.2. The van der Waals surface area contributed by atoms with Crippen molar-refractivity contribution in [2.75, 3.05) is 7.11 Å². The number of ether oxygens (including phenoxy) is 2. The third kappa shape index (κ3) is 4.99. The van der Waals surface area contributed by atoms with Gasteiger partial charge in [-0.15, -0.1) is 11.3 Å². The van der Waals surface area contributed by atoms with E-state index in [0.717, 1.165) is 22.3 Å². The van der Waals surface area contributed by atoms with E-state index in [2.05, 4.69) is 9.97 Å². The number of aromatic nitrogens is 2. The number of hydrogen-bond acceptors (Lipinski definition) is 5. The largest absolute Gasteiger partial charge is 0.493 e. The fourth-order valence-electron chi connectivity index (χ4n) is 3.73. The Morgan fingerprint density at radius 1 is 1.00 bits per heavy atom. The van der Waals surface area contributed by atoms with Gasteiger partial charge < -0.3 is 14.5 Å². The predicted molar refractivity (Wildman–Crippen MR) is 143 cm³/mol. The van der Waals surface area contributed by atoms with Gasteiger partial charge in [0.05, 0.1) is 12.5 Å². The third-order valence-electron chi connectivity index (χ3n) is 5.51. The minimum Gasteiger partial charge on any atom is -0.493 e. The van der Waals surface area contributed by atoms with Gasteiger partial charge >= 0.3 is 0 Å². The Balaban J connectivity index is 1.37. The lowest BCUT2D eigenvalue weighted by molar-refractivity contribution is 0.284. The van der Waals surface area contributed by atoms with Crippen LogP contribution in [0.15, 0.2) is 83.0 Å². The summed E-state index contributed by atoms with van der Waals surface area (Å²) >= 11 is 7.68. The van der Waals surface area contributed by atoms with Gasteiger partial charge in [0.2, 0.25) is 0 Å². The van der Waals surface area contributed by atoms with E-state index in [9.17, 15) is 4.79 Å². The molecule has 0 amide bonds. The molecule has 35 heavy (non-hydrogen) atoms. The monoisotopic (exact) mass is 500 g/mol. The zero-order chi connectivity index (χ0) is 24.2. The second-order valence-corrected chi connectivity index (χ2v) is 9.04. The summed E-state index contributed by atoms with van der Waals surface area (Å²) in [6.45, 7) is 0.335. The average Bonchev–Trinajstić information content (AvgIpc) is 3.32. The molecule has 0 spiro atoms. The van der Waals surface area contributed by atoms with Crippen LogP contribution in [-0.4, -0.2) is 17.1 Å². The van der Waals surface area contributed by atoms with Crippen LogP contribution >= 0.6 is 22.9 Å². The summed E-state index contributed by atoms with van der Waals surface area (Å²) in [4.78, 5) is 21.1. The normalized spacial score (nSPS) is 11.3. The maximum atomic E-state index is 12.9. The quantitative estimate of drug-likeness (QED) is 0.260. The summed E-state index contributed by atoms with van der Waals surface area (Å²) < 4.78 is 11.4. The van der Waals surface area contributed by atoms with E-state index in [0.29, 0.717) is 39.2 Å². The van der Waals surface area contributed by atoms with Crippen molar-refractivity contribution >= 4 is 45.3 Å².